The molecule has 0 radical (unpaired) electrons. The van der Waals surface area contributed by atoms with Crippen molar-refractivity contribution in [1.29, 1.82) is 0 Å². The number of benzene rings is 3. The Kier molecular flexibility index (Phi) is 6.53. The Morgan fingerprint density at radius 2 is 1.91 bits per heavy atom. The minimum atomic E-state index is -0.0197. The van der Waals surface area contributed by atoms with Gasteiger partial charge in [0, 0.05) is 31.7 Å². The van der Waals surface area contributed by atoms with Gasteiger partial charge in [0.05, 0.1) is 30.5 Å². The highest BCUT2D eigenvalue weighted by molar-refractivity contribution is 7.22. The first-order valence-electron chi connectivity index (χ1n) is 11.3. The normalized spacial score (nSPS) is 14.6. The van der Waals surface area contributed by atoms with Crippen molar-refractivity contribution in [3.8, 4) is 5.75 Å². The van der Waals surface area contributed by atoms with Crippen molar-refractivity contribution in [1.82, 2.24) is 9.88 Å². The van der Waals surface area contributed by atoms with E-state index in [1.807, 2.05) is 59.5 Å². The molecule has 170 valence electrons. The van der Waals surface area contributed by atoms with Crippen LogP contribution in [-0.4, -0.2) is 62.3 Å². The Hall–Kier alpha value is -3.00. The third-order valence-electron chi connectivity index (χ3n) is 6.02. The number of hydrogen-bond donors (Lipinski definition) is 0. The number of carbonyl (C=O) groups is 1. The summed E-state index contributed by atoms with van der Waals surface area (Å²) >= 11 is 1.53. The first-order chi connectivity index (χ1) is 16.2. The van der Waals surface area contributed by atoms with Gasteiger partial charge in [-0.15, -0.1) is 0 Å². The van der Waals surface area contributed by atoms with E-state index < -0.39 is 0 Å². The van der Waals surface area contributed by atoms with Crippen molar-refractivity contribution >= 4 is 43.4 Å². The molecule has 4 aromatic rings. The molecule has 0 saturated carbocycles. The van der Waals surface area contributed by atoms with Crippen molar-refractivity contribution in [2.24, 2.45) is 0 Å². The fourth-order valence-electron chi connectivity index (χ4n) is 4.17. The Morgan fingerprint density at radius 3 is 2.73 bits per heavy atom. The fourth-order valence-corrected chi connectivity index (χ4v) is 5.19. The lowest BCUT2D eigenvalue weighted by Gasteiger charge is -2.27. The molecular weight excluding hydrogens is 434 g/mol. The molecule has 0 N–H and O–H groups in total. The topological polar surface area (TPSA) is 54.9 Å². The molecule has 1 saturated heterocycles. The first-order valence-corrected chi connectivity index (χ1v) is 12.1. The highest BCUT2D eigenvalue weighted by Gasteiger charge is 2.22. The zero-order chi connectivity index (χ0) is 22.6. The van der Waals surface area contributed by atoms with E-state index in [0.717, 1.165) is 71.1 Å². The molecule has 2 heterocycles. The summed E-state index contributed by atoms with van der Waals surface area (Å²) < 4.78 is 11.8. The van der Waals surface area contributed by atoms with Gasteiger partial charge in [-0.3, -0.25) is 14.6 Å². The molecule has 0 unspecified atom stereocenters. The van der Waals surface area contributed by atoms with Crippen molar-refractivity contribution in [3.63, 3.8) is 0 Å². The van der Waals surface area contributed by atoms with E-state index in [9.17, 15) is 4.79 Å². The summed E-state index contributed by atoms with van der Waals surface area (Å²) in [5, 5.41) is 2.91. The van der Waals surface area contributed by atoms with Gasteiger partial charge in [-0.2, -0.15) is 0 Å². The largest absolute Gasteiger partial charge is 0.497 e. The maximum Gasteiger partial charge on any atom is 0.260 e. The number of morpholine rings is 1. The second-order valence-corrected chi connectivity index (χ2v) is 9.17. The van der Waals surface area contributed by atoms with Gasteiger partial charge in [0.2, 0.25) is 0 Å². The summed E-state index contributed by atoms with van der Waals surface area (Å²) in [4.78, 5) is 22.7. The number of aromatic nitrogens is 1. The number of ether oxygens (including phenoxy) is 2. The van der Waals surface area contributed by atoms with Crippen molar-refractivity contribution in [2.75, 3.05) is 51.4 Å². The van der Waals surface area contributed by atoms with E-state index in [-0.39, 0.29) is 5.91 Å². The van der Waals surface area contributed by atoms with Gasteiger partial charge >= 0.3 is 0 Å². The van der Waals surface area contributed by atoms with Gasteiger partial charge in [-0.05, 0) is 47.5 Å². The van der Waals surface area contributed by atoms with Crippen LogP contribution in [0.4, 0.5) is 5.13 Å². The molecule has 5 rings (SSSR count). The Labute approximate surface area is 197 Å². The molecule has 0 bridgehead atoms. The zero-order valence-corrected chi connectivity index (χ0v) is 19.5. The Balaban J connectivity index is 1.43. The van der Waals surface area contributed by atoms with E-state index in [0.29, 0.717) is 12.1 Å². The maximum atomic E-state index is 13.7. The molecule has 1 aromatic heterocycles. The molecule has 33 heavy (non-hydrogen) atoms. The van der Waals surface area contributed by atoms with Gasteiger partial charge in [0.15, 0.2) is 5.13 Å². The summed E-state index contributed by atoms with van der Waals surface area (Å²) in [5.41, 5.74) is 1.55. The second kappa shape index (κ2) is 9.87. The van der Waals surface area contributed by atoms with Crippen LogP contribution in [0.1, 0.15) is 16.8 Å². The van der Waals surface area contributed by atoms with Gasteiger partial charge < -0.3 is 9.47 Å². The average molecular weight is 462 g/mol. The summed E-state index contributed by atoms with van der Waals surface area (Å²) in [5.74, 6) is 0.770. The van der Waals surface area contributed by atoms with Gasteiger partial charge in [0.1, 0.15) is 5.75 Å². The number of anilines is 1. The highest BCUT2D eigenvalue weighted by atomic mass is 32.1. The molecule has 1 fully saturated rings. The fraction of sp³-hybridized carbons (Fsp3) is 0.308. The number of amides is 1. The van der Waals surface area contributed by atoms with Crippen LogP contribution in [-0.2, 0) is 4.74 Å². The van der Waals surface area contributed by atoms with Crippen LogP contribution in [0.2, 0.25) is 0 Å². The first kappa shape index (κ1) is 21.8. The molecule has 1 aliphatic heterocycles. The van der Waals surface area contributed by atoms with Crippen LogP contribution in [0.15, 0.2) is 60.7 Å². The highest BCUT2D eigenvalue weighted by Crippen LogP contribution is 2.32. The van der Waals surface area contributed by atoms with Crippen LogP contribution >= 0.6 is 11.3 Å². The molecule has 0 aliphatic carbocycles. The lowest BCUT2D eigenvalue weighted by Crippen LogP contribution is -2.39. The van der Waals surface area contributed by atoms with E-state index >= 15 is 0 Å². The number of carbonyl (C=O) groups excluding carboxylic acids is 1. The molecule has 1 aliphatic rings. The van der Waals surface area contributed by atoms with Crippen molar-refractivity contribution in [2.45, 2.75) is 6.42 Å². The minimum absolute atomic E-state index is 0.0197. The monoisotopic (exact) mass is 461 g/mol. The van der Waals surface area contributed by atoms with E-state index in [4.69, 9.17) is 14.5 Å². The minimum Gasteiger partial charge on any atom is -0.497 e. The number of hydrogen-bond acceptors (Lipinski definition) is 6. The predicted octanol–water partition coefficient (Wildman–Crippen LogP) is 4.83. The third kappa shape index (κ3) is 4.85. The van der Waals surface area contributed by atoms with E-state index in [1.165, 1.54) is 11.3 Å². The van der Waals surface area contributed by atoms with Crippen LogP contribution in [0.5, 0.6) is 5.75 Å². The number of nitrogens with zero attached hydrogens (tertiary/aromatic N) is 3. The average Bonchev–Trinajstić information content (AvgIpc) is 3.29. The molecule has 6 nitrogen and oxygen atoms in total. The maximum absolute atomic E-state index is 13.7. The number of methoxy groups -OCH3 is 1. The molecule has 0 spiro atoms. The van der Waals surface area contributed by atoms with E-state index in [2.05, 4.69) is 11.0 Å². The van der Waals surface area contributed by atoms with Crippen LogP contribution in [0.3, 0.4) is 0 Å². The van der Waals surface area contributed by atoms with Gasteiger partial charge in [-0.1, -0.05) is 41.7 Å². The van der Waals surface area contributed by atoms with Gasteiger partial charge in [-0.25, -0.2) is 4.98 Å². The summed E-state index contributed by atoms with van der Waals surface area (Å²) in [6, 6.07) is 19.8. The molecule has 7 heteroatoms. The summed E-state index contributed by atoms with van der Waals surface area (Å²) in [6.07, 6.45) is 0.874. The van der Waals surface area contributed by atoms with Gasteiger partial charge in [0.25, 0.3) is 5.91 Å². The van der Waals surface area contributed by atoms with Crippen molar-refractivity contribution < 1.29 is 14.3 Å². The number of rotatable bonds is 7. The summed E-state index contributed by atoms with van der Waals surface area (Å²) in [6.45, 7) is 4.99. The lowest BCUT2D eigenvalue weighted by molar-refractivity contribution is 0.0376. The summed E-state index contributed by atoms with van der Waals surface area (Å²) in [7, 11) is 1.66. The number of thiazole rings is 1. The molecule has 3 aromatic carbocycles. The second-order valence-electron chi connectivity index (χ2n) is 8.16. The van der Waals surface area contributed by atoms with Crippen LogP contribution in [0.25, 0.3) is 21.0 Å². The van der Waals surface area contributed by atoms with Crippen LogP contribution < -0.4 is 9.64 Å². The standard InChI is InChI=1S/C26H27N3O3S/c1-31-22-9-10-23-24(18-22)33-26(27-23)29(12-4-11-28-13-15-32-16-14-28)25(30)21-8-7-19-5-2-3-6-20(19)17-21/h2-3,5-10,17-18H,4,11-16H2,1H3. The van der Waals surface area contributed by atoms with Crippen LogP contribution in [0, 0.1) is 0 Å². The quantitative estimate of drug-likeness (QED) is 0.395. The predicted molar refractivity (Wildman–Crippen MR) is 134 cm³/mol. The Morgan fingerprint density at radius 1 is 1.09 bits per heavy atom. The van der Waals surface area contributed by atoms with Crippen molar-refractivity contribution in [3.05, 3.63) is 66.2 Å². The van der Waals surface area contributed by atoms with E-state index in [1.54, 1.807) is 7.11 Å². The smallest absolute Gasteiger partial charge is 0.260 e. The zero-order valence-electron chi connectivity index (χ0n) is 18.7. The molecule has 0 atom stereocenters. The molecular formula is C26H27N3O3S. The lowest BCUT2D eigenvalue weighted by atomic mass is 10.1. The molecule has 1 amide bonds. The SMILES string of the molecule is COc1ccc2nc(N(CCCN3CCOCC3)C(=O)c3ccc4ccccc4c3)sc2c1. The third-order valence-corrected chi connectivity index (χ3v) is 7.06. The number of fused-ring (bicyclic) bond motifs is 2. The Bertz CT molecular complexity index is 1270.